The summed E-state index contributed by atoms with van der Waals surface area (Å²) in [7, 11) is 0. The topological polar surface area (TPSA) is 89.1 Å². The Hall–Kier alpha value is -1.85. The van der Waals surface area contributed by atoms with Crippen molar-refractivity contribution in [3.63, 3.8) is 0 Å². The fourth-order valence-corrected chi connectivity index (χ4v) is 2.05. The molecule has 0 unspecified atom stereocenters. The predicted molar refractivity (Wildman–Crippen MR) is 60.0 cm³/mol. The second-order valence-electron chi connectivity index (χ2n) is 4.05. The lowest BCUT2D eigenvalue weighted by Gasteiger charge is -2.17. The zero-order chi connectivity index (χ0) is 12.4. The van der Waals surface area contributed by atoms with Crippen LogP contribution in [0.25, 0.3) is 0 Å². The van der Waals surface area contributed by atoms with Crippen LogP contribution in [0.1, 0.15) is 35.8 Å². The first-order valence-corrected chi connectivity index (χ1v) is 5.73. The third kappa shape index (κ3) is 2.15. The molecule has 1 aliphatic heterocycles. The Morgan fingerprint density at radius 2 is 2.12 bits per heavy atom. The lowest BCUT2D eigenvalue weighted by Crippen LogP contribution is -2.34. The largest absolute Gasteiger partial charge is 0.545 e. The van der Waals surface area contributed by atoms with Crippen LogP contribution in [-0.2, 0) is 6.42 Å². The average Bonchev–Trinajstić information content (AvgIpc) is 2.80. The number of aromatic carboxylic acids is 1. The average molecular weight is 236 g/mol. The van der Waals surface area contributed by atoms with E-state index in [4.69, 9.17) is 0 Å². The van der Waals surface area contributed by atoms with Crippen LogP contribution in [0.2, 0.25) is 0 Å². The number of hydrogen-bond acceptors (Lipinski definition) is 5. The summed E-state index contributed by atoms with van der Waals surface area (Å²) >= 11 is 0. The highest BCUT2D eigenvalue weighted by Crippen LogP contribution is 2.15. The first-order valence-electron chi connectivity index (χ1n) is 5.73. The summed E-state index contributed by atoms with van der Waals surface area (Å²) in [5.41, 5.74) is -0.690. The molecule has 6 nitrogen and oxygen atoms in total. The van der Waals surface area contributed by atoms with Gasteiger partial charge in [-0.1, -0.05) is 6.92 Å². The van der Waals surface area contributed by atoms with Crippen LogP contribution in [0, 0.1) is 0 Å². The van der Waals surface area contributed by atoms with Crippen molar-refractivity contribution in [3.05, 3.63) is 21.6 Å². The normalized spacial score (nSPS) is 15.2. The fourth-order valence-electron chi connectivity index (χ4n) is 2.05. The van der Waals surface area contributed by atoms with Crippen molar-refractivity contribution in [3.8, 4) is 0 Å². The molecule has 0 aromatic carbocycles. The molecule has 0 aliphatic carbocycles. The van der Waals surface area contributed by atoms with Gasteiger partial charge < -0.3 is 14.8 Å². The second-order valence-corrected chi connectivity index (χ2v) is 4.05. The summed E-state index contributed by atoms with van der Waals surface area (Å²) in [5, 5.41) is 10.8. The maximum absolute atomic E-state index is 11.7. The summed E-state index contributed by atoms with van der Waals surface area (Å²) in [6, 6.07) is 0. The van der Waals surface area contributed by atoms with Crippen molar-refractivity contribution in [2.24, 2.45) is 0 Å². The fraction of sp³-hybridized carbons (Fsp3) is 0.545. The molecule has 1 aromatic rings. The van der Waals surface area contributed by atoms with Crippen molar-refractivity contribution in [2.45, 2.75) is 26.2 Å². The Kier molecular flexibility index (Phi) is 3.12. The molecule has 17 heavy (non-hydrogen) atoms. The van der Waals surface area contributed by atoms with E-state index in [1.807, 2.05) is 4.90 Å². The van der Waals surface area contributed by atoms with Gasteiger partial charge in [-0.2, -0.15) is 0 Å². The molecule has 92 valence electrons. The first-order chi connectivity index (χ1) is 8.13. The number of nitrogens with one attached hydrogen (secondary N) is 1. The van der Waals surface area contributed by atoms with E-state index in [-0.39, 0.29) is 11.3 Å². The minimum absolute atomic E-state index is 0.288. The molecule has 1 aromatic heterocycles. The first kappa shape index (κ1) is 11.6. The van der Waals surface area contributed by atoms with Crippen LogP contribution in [0.15, 0.2) is 4.79 Å². The Bertz CT molecular complexity index is 489. The van der Waals surface area contributed by atoms with Crippen LogP contribution in [0.3, 0.4) is 0 Å². The van der Waals surface area contributed by atoms with Gasteiger partial charge in [0.2, 0.25) is 5.95 Å². The van der Waals surface area contributed by atoms with E-state index in [1.165, 1.54) is 0 Å². The summed E-state index contributed by atoms with van der Waals surface area (Å²) in [4.78, 5) is 31.2. The van der Waals surface area contributed by atoms with E-state index in [9.17, 15) is 14.7 Å². The van der Waals surface area contributed by atoms with E-state index in [0.717, 1.165) is 25.9 Å². The zero-order valence-electron chi connectivity index (χ0n) is 9.65. The lowest BCUT2D eigenvalue weighted by atomic mass is 10.2. The van der Waals surface area contributed by atoms with Crippen molar-refractivity contribution in [1.82, 2.24) is 9.97 Å². The van der Waals surface area contributed by atoms with Gasteiger partial charge in [-0.25, -0.2) is 4.98 Å². The van der Waals surface area contributed by atoms with Gasteiger partial charge in [0.1, 0.15) is 0 Å². The number of carbonyl (C=O) groups excluding carboxylic acids is 1. The number of nitrogens with zero attached hydrogens (tertiary/aromatic N) is 2. The Morgan fingerprint density at radius 1 is 1.47 bits per heavy atom. The highest BCUT2D eigenvalue weighted by atomic mass is 16.4. The number of carboxylic acid groups (broad SMARTS) is 1. The third-order valence-corrected chi connectivity index (χ3v) is 2.93. The van der Waals surface area contributed by atoms with E-state index in [1.54, 1.807) is 6.92 Å². The summed E-state index contributed by atoms with van der Waals surface area (Å²) in [6.45, 7) is 3.45. The monoisotopic (exact) mass is 236 g/mol. The molecule has 0 atom stereocenters. The lowest BCUT2D eigenvalue weighted by molar-refractivity contribution is -0.255. The third-order valence-electron chi connectivity index (χ3n) is 2.93. The molecular weight excluding hydrogens is 222 g/mol. The van der Waals surface area contributed by atoms with E-state index in [2.05, 4.69) is 9.97 Å². The number of hydrogen-bond donors (Lipinski definition) is 1. The van der Waals surface area contributed by atoms with Crippen LogP contribution in [0.4, 0.5) is 5.95 Å². The van der Waals surface area contributed by atoms with Gasteiger partial charge in [0.25, 0.3) is 5.56 Å². The van der Waals surface area contributed by atoms with Gasteiger partial charge in [0, 0.05) is 13.1 Å². The number of H-pyrrole nitrogens is 1. The molecule has 6 heteroatoms. The molecular formula is C11H14N3O3-. The molecule has 1 aliphatic rings. The van der Waals surface area contributed by atoms with E-state index < -0.39 is 11.5 Å². The van der Waals surface area contributed by atoms with Crippen molar-refractivity contribution >= 4 is 11.9 Å². The minimum Gasteiger partial charge on any atom is -0.545 e. The number of aromatic nitrogens is 2. The smallest absolute Gasteiger partial charge is 0.261 e. The van der Waals surface area contributed by atoms with Crippen LogP contribution < -0.4 is 15.6 Å². The SMILES string of the molecule is CCc1nc(N2CCCC2)[nH]c(=O)c1C(=O)[O-]. The molecule has 0 radical (unpaired) electrons. The van der Waals surface area contributed by atoms with Crippen LogP contribution in [-0.4, -0.2) is 29.0 Å². The quantitative estimate of drug-likeness (QED) is 0.749. The van der Waals surface area contributed by atoms with Crippen LogP contribution >= 0.6 is 0 Å². The van der Waals surface area contributed by atoms with Crippen LogP contribution in [0.5, 0.6) is 0 Å². The molecule has 1 saturated heterocycles. The van der Waals surface area contributed by atoms with E-state index in [0.29, 0.717) is 12.4 Å². The zero-order valence-corrected chi connectivity index (χ0v) is 9.65. The summed E-state index contributed by atoms with van der Waals surface area (Å²) < 4.78 is 0. The van der Waals surface area contributed by atoms with Gasteiger partial charge in [0.15, 0.2) is 0 Å². The Labute approximate surface area is 98.3 Å². The van der Waals surface area contributed by atoms with Gasteiger partial charge in [-0.05, 0) is 19.3 Å². The molecule has 1 fully saturated rings. The standard InChI is InChI=1S/C11H15N3O3/c1-2-7-8(10(16)17)9(15)13-11(12-7)14-5-3-4-6-14/h2-6H2,1H3,(H,16,17)(H,12,13,15)/p-1. The number of carboxylic acids is 1. The predicted octanol–water partition coefficient (Wildman–Crippen LogP) is -0.704. The van der Waals surface area contributed by atoms with Crippen molar-refractivity contribution in [2.75, 3.05) is 18.0 Å². The van der Waals surface area contributed by atoms with Gasteiger partial charge in [-0.15, -0.1) is 0 Å². The maximum Gasteiger partial charge on any atom is 0.261 e. The van der Waals surface area contributed by atoms with Crippen molar-refractivity contribution < 1.29 is 9.90 Å². The van der Waals surface area contributed by atoms with Gasteiger partial charge in [-0.3, -0.25) is 9.78 Å². The molecule has 0 bridgehead atoms. The Morgan fingerprint density at radius 3 is 2.65 bits per heavy atom. The van der Waals surface area contributed by atoms with E-state index >= 15 is 0 Å². The highest BCUT2D eigenvalue weighted by Gasteiger charge is 2.17. The second kappa shape index (κ2) is 4.57. The molecule has 0 spiro atoms. The molecule has 2 rings (SSSR count). The highest BCUT2D eigenvalue weighted by molar-refractivity contribution is 5.86. The molecule has 2 heterocycles. The number of carbonyl (C=O) groups is 1. The number of rotatable bonds is 3. The number of anilines is 1. The van der Waals surface area contributed by atoms with Crippen molar-refractivity contribution in [1.29, 1.82) is 0 Å². The van der Waals surface area contributed by atoms with Gasteiger partial charge >= 0.3 is 0 Å². The number of aryl methyl sites for hydroxylation is 1. The Balaban J connectivity index is 2.47. The minimum atomic E-state index is -1.47. The summed E-state index contributed by atoms with van der Waals surface area (Å²) in [5.74, 6) is -1.00. The molecule has 0 amide bonds. The number of aromatic amines is 1. The summed E-state index contributed by atoms with van der Waals surface area (Å²) in [6.07, 6.45) is 2.52. The maximum atomic E-state index is 11.7. The molecule has 1 N–H and O–H groups in total. The van der Waals surface area contributed by atoms with Gasteiger partial charge in [0.05, 0.1) is 17.2 Å². The molecule has 0 saturated carbocycles.